The number of aromatic nitrogens is 2. The van der Waals surface area contributed by atoms with Gasteiger partial charge in [-0.15, -0.1) is 0 Å². The van der Waals surface area contributed by atoms with Crippen LogP contribution in [0.4, 0.5) is 16.2 Å². The van der Waals surface area contributed by atoms with Crippen LogP contribution in [-0.4, -0.2) is 47.3 Å². The molecular weight excluding hydrogens is 390 g/mol. The van der Waals surface area contributed by atoms with Gasteiger partial charge in [0.2, 0.25) is 11.7 Å². The molecule has 4 rings (SSSR count). The summed E-state index contributed by atoms with van der Waals surface area (Å²) in [4.78, 5) is 21.0. The van der Waals surface area contributed by atoms with Crippen molar-refractivity contribution in [1.29, 1.82) is 0 Å². The molecule has 3 aromatic rings. The Labute approximate surface area is 174 Å². The molecule has 0 aliphatic carbocycles. The molecule has 29 heavy (non-hydrogen) atoms. The van der Waals surface area contributed by atoms with Gasteiger partial charge < -0.3 is 19.6 Å². The monoisotopic (exact) mass is 411 g/mol. The van der Waals surface area contributed by atoms with E-state index in [1.54, 1.807) is 19.1 Å². The fourth-order valence-electron chi connectivity index (χ4n) is 3.41. The van der Waals surface area contributed by atoms with E-state index in [4.69, 9.17) is 16.1 Å². The first-order valence-electron chi connectivity index (χ1n) is 9.48. The van der Waals surface area contributed by atoms with Gasteiger partial charge in [-0.2, -0.15) is 4.98 Å². The lowest BCUT2D eigenvalue weighted by molar-refractivity contribution is 0.208. The van der Waals surface area contributed by atoms with Crippen LogP contribution in [-0.2, 0) is 0 Å². The van der Waals surface area contributed by atoms with E-state index in [-0.39, 0.29) is 6.03 Å². The topological polar surface area (TPSA) is 74.5 Å². The van der Waals surface area contributed by atoms with Crippen LogP contribution in [0.1, 0.15) is 11.5 Å². The number of carbonyl (C=O) groups excluding carboxylic acids is 1. The van der Waals surface area contributed by atoms with Crippen LogP contribution in [0.5, 0.6) is 0 Å². The Bertz CT molecular complexity index is 1030. The summed E-state index contributed by atoms with van der Waals surface area (Å²) < 4.78 is 5.10. The zero-order chi connectivity index (χ0) is 20.4. The summed E-state index contributed by atoms with van der Waals surface area (Å²) in [7, 11) is 0. The third-order valence-corrected chi connectivity index (χ3v) is 5.35. The Morgan fingerprint density at radius 3 is 2.55 bits per heavy atom. The Kier molecular flexibility index (Phi) is 5.40. The lowest BCUT2D eigenvalue weighted by Gasteiger charge is -2.37. The molecule has 8 heteroatoms. The van der Waals surface area contributed by atoms with Gasteiger partial charge in [-0.1, -0.05) is 41.0 Å². The highest BCUT2D eigenvalue weighted by molar-refractivity contribution is 6.33. The largest absolute Gasteiger partial charge is 0.368 e. The number of halogens is 1. The molecule has 0 saturated carbocycles. The number of carbonyl (C=O) groups is 1. The molecule has 2 amide bonds. The molecule has 0 atom stereocenters. The third-order valence-electron chi connectivity index (χ3n) is 5.02. The van der Waals surface area contributed by atoms with Crippen LogP contribution < -0.4 is 10.2 Å². The number of nitrogens with zero attached hydrogens (tertiary/aromatic N) is 4. The van der Waals surface area contributed by atoms with Crippen LogP contribution in [0.2, 0.25) is 5.02 Å². The molecule has 1 aliphatic rings. The lowest BCUT2D eigenvalue weighted by atomic mass is 10.1. The van der Waals surface area contributed by atoms with E-state index in [0.717, 1.165) is 24.3 Å². The smallest absolute Gasteiger partial charge is 0.322 e. The standard InChI is InChI=1S/C21H22ClN5O2/c1-14-7-8-16(20-23-15(2)29-25-20)13-19(14)26-9-11-27(12-10-26)21(28)24-18-6-4-3-5-17(18)22/h3-8,13H,9-12H2,1-2H3,(H,24,28). The molecule has 1 saturated heterocycles. The number of anilines is 2. The number of rotatable bonds is 3. The summed E-state index contributed by atoms with van der Waals surface area (Å²) in [6, 6.07) is 13.2. The van der Waals surface area contributed by atoms with Gasteiger partial charge in [0.05, 0.1) is 10.7 Å². The van der Waals surface area contributed by atoms with E-state index >= 15 is 0 Å². The van der Waals surface area contributed by atoms with Gasteiger partial charge >= 0.3 is 6.03 Å². The quantitative estimate of drug-likeness (QED) is 0.693. The minimum Gasteiger partial charge on any atom is -0.368 e. The van der Waals surface area contributed by atoms with E-state index in [1.165, 1.54) is 5.56 Å². The van der Waals surface area contributed by atoms with E-state index in [9.17, 15) is 4.79 Å². The normalized spacial score (nSPS) is 14.2. The molecule has 0 unspecified atom stereocenters. The fraction of sp³-hybridized carbons (Fsp3) is 0.286. The molecule has 1 aromatic heterocycles. The number of piperazine rings is 1. The van der Waals surface area contributed by atoms with Gasteiger partial charge in [0.15, 0.2) is 0 Å². The van der Waals surface area contributed by atoms with Gasteiger partial charge in [-0.05, 0) is 30.7 Å². The minimum atomic E-state index is -0.134. The van der Waals surface area contributed by atoms with Crippen LogP contribution in [0.15, 0.2) is 47.0 Å². The number of para-hydroxylation sites is 1. The molecule has 7 nitrogen and oxygen atoms in total. The van der Waals surface area contributed by atoms with E-state index in [0.29, 0.717) is 35.5 Å². The first kappa shape index (κ1) is 19.3. The van der Waals surface area contributed by atoms with Crippen molar-refractivity contribution in [3.8, 4) is 11.4 Å². The zero-order valence-corrected chi connectivity index (χ0v) is 17.1. The number of benzene rings is 2. The second-order valence-corrected chi connectivity index (χ2v) is 7.43. The molecule has 2 aromatic carbocycles. The average molecular weight is 412 g/mol. The number of hydrogen-bond acceptors (Lipinski definition) is 5. The second kappa shape index (κ2) is 8.13. The Hall–Kier alpha value is -3.06. The highest BCUT2D eigenvalue weighted by Gasteiger charge is 2.23. The summed E-state index contributed by atoms with van der Waals surface area (Å²) in [5, 5.41) is 7.43. The number of aryl methyl sites for hydroxylation is 2. The van der Waals surface area contributed by atoms with E-state index < -0.39 is 0 Å². The molecule has 2 heterocycles. The lowest BCUT2D eigenvalue weighted by Crippen LogP contribution is -2.50. The Morgan fingerprint density at radius 1 is 1.10 bits per heavy atom. The highest BCUT2D eigenvalue weighted by atomic mass is 35.5. The Morgan fingerprint density at radius 2 is 1.86 bits per heavy atom. The molecule has 1 fully saturated rings. The van der Waals surface area contributed by atoms with Crippen molar-refractivity contribution in [3.05, 3.63) is 58.9 Å². The zero-order valence-electron chi connectivity index (χ0n) is 16.4. The minimum absolute atomic E-state index is 0.134. The average Bonchev–Trinajstić information content (AvgIpc) is 3.16. The van der Waals surface area contributed by atoms with Crippen molar-refractivity contribution in [1.82, 2.24) is 15.0 Å². The van der Waals surface area contributed by atoms with Crippen LogP contribution in [0.25, 0.3) is 11.4 Å². The van der Waals surface area contributed by atoms with Crippen molar-refractivity contribution in [2.75, 3.05) is 36.4 Å². The van der Waals surface area contributed by atoms with Gasteiger partial charge in [-0.25, -0.2) is 4.79 Å². The fourth-order valence-corrected chi connectivity index (χ4v) is 3.60. The summed E-state index contributed by atoms with van der Waals surface area (Å²) >= 11 is 6.14. The third kappa shape index (κ3) is 4.19. The van der Waals surface area contributed by atoms with E-state index in [2.05, 4.69) is 39.4 Å². The van der Waals surface area contributed by atoms with Crippen LogP contribution >= 0.6 is 11.6 Å². The number of amides is 2. The summed E-state index contributed by atoms with van der Waals surface area (Å²) in [5.41, 5.74) is 3.83. The summed E-state index contributed by atoms with van der Waals surface area (Å²) in [6.07, 6.45) is 0. The maximum absolute atomic E-state index is 12.6. The molecule has 0 bridgehead atoms. The van der Waals surface area contributed by atoms with Crippen molar-refractivity contribution in [2.45, 2.75) is 13.8 Å². The first-order valence-corrected chi connectivity index (χ1v) is 9.86. The number of hydrogen-bond donors (Lipinski definition) is 1. The maximum atomic E-state index is 12.6. The maximum Gasteiger partial charge on any atom is 0.322 e. The van der Waals surface area contributed by atoms with Crippen molar-refractivity contribution in [3.63, 3.8) is 0 Å². The first-order chi connectivity index (χ1) is 14.0. The molecule has 0 spiro atoms. The molecule has 150 valence electrons. The van der Waals surface area contributed by atoms with Gasteiger partial charge in [0.1, 0.15) is 0 Å². The van der Waals surface area contributed by atoms with Gasteiger partial charge in [0.25, 0.3) is 0 Å². The molecular formula is C21H22ClN5O2. The van der Waals surface area contributed by atoms with E-state index in [1.807, 2.05) is 23.1 Å². The van der Waals surface area contributed by atoms with Gasteiger partial charge in [0, 0.05) is 44.4 Å². The number of nitrogens with one attached hydrogen (secondary N) is 1. The van der Waals surface area contributed by atoms with Gasteiger partial charge in [-0.3, -0.25) is 0 Å². The molecule has 1 aliphatic heterocycles. The summed E-state index contributed by atoms with van der Waals surface area (Å²) in [5.74, 6) is 1.13. The van der Waals surface area contributed by atoms with Crippen molar-refractivity contribution >= 4 is 29.0 Å². The predicted octanol–water partition coefficient (Wildman–Crippen LogP) is 4.36. The highest BCUT2D eigenvalue weighted by Crippen LogP contribution is 2.28. The second-order valence-electron chi connectivity index (χ2n) is 7.02. The Balaban J connectivity index is 1.43. The van der Waals surface area contributed by atoms with Crippen molar-refractivity contribution < 1.29 is 9.32 Å². The molecule has 0 radical (unpaired) electrons. The van der Waals surface area contributed by atoms with Crippen LogP contribution in [0.3, 0.4) is 0 Å². The predicted molar refractivity (Wildman–Crippen MR) is 113 cm³/mol. The summed E-state index contributed by atoms with van der Waals surface area (Å²) in [6.45, 7) is 6.59. The SMILES string of the molecule is Cc1nc(-c2ccc(C)c(N3CCN(C(=O)Nc4ccccc4Cl)CC3)c2)no1. The van der Waals surface area contributed by atoms with Crippen LogP contribution in [0, 0.1) is 13.8 Å². The van der Waals surface area contributed by atoms with Crippen molar-refractivity contribution in [2.24, 2.45) is 0 Å². The number of urea groups is 1. The molecule has 1 N–H and O–H groups in total.